The van der Waals surface area contributed by atoms with Gasteiger partial charge >= 0.3 is 0 Å². The van der Waals surface area contributed by atoms with Gasteiger partial charge < -0.3 is 5.32 Å². The number of nitrogens with one attached hydrogen (secondary N) is 1. The van der Waals surface area contributed by atoms with Crippen LogP contribution in [0.25, 0.3) is 5.82 Å². The van der Waals surface area contributed by atoms with Gasteiger partial charge in [0, 0.05) is 24.5 Å². The Morgan fingerprint density at radius 3 is 2.62 bits per heavy atom. The van der Waals surface area contributed by atoms with E-state index >= 15 is 0 Å². The summed E-state index contributed by atoms with van der Waals surface area (Å²) >= 11 is 0. The number of nitrogens with zero attached hydrogens (tertiary/aromatic N) is 4. The molecular weight excluding hydrogens is 262 g/mol. The quantitative estimate of drug-likeness (QED) is 0.797. The molecule has 2 heterocycles. The number of imidazole rings is 1. The van der Waals surface area contributed by atoms with Crippen LogP contribution in [0.5, 0.6) is 0 Å². The largest absolute Gasteiger partial charge is 0.363 e. The first-order valence-electron chi connectivity index (χ1n) is 6.88. The highest BCUT2D eigenvalue weighted by Gasteiger charge is 2.08. The summed E-state index contributed by atoms with van der Waals surface area (Å²) in [4.78, 5) is 12.8. The molecule has 0 bridgehead atoms. The van der Waals surface area contributed by atoms with Crippen molar-refractivity contribution in [3.05, 3.63) is 66.5 Å². The van der Waals surface area contributed by atoms with Crippen LogP contribution in [0.3, 0.4) is 0 Å². The lowest BCUT2D eigenvalue weighted by molar-refractivity contribution is 0.863. The monoisotopic (exact) mass is 279 g/mol. The van der Waals surface area contributed by atoms with Crippen LogP contribution in [0.2, 0.25) is 0 Å². The maximum Gasteiger partial charge on any atom is 0.143 e. The van der Waals surface area contributed by atoms with E-state index in [1.54, 1.807) is 12.5 Å². The molecule has 3 aromatic rings. The van der Waals surface area contributed by atoms with Gasteiger partial charge in [0.25, 0.3) is 0 Å². The normalized spacial score (nSPS) is 12.1. The first-order chi connectivity index (χ1) is 10.2. The van der Waals surface area contributed by atoms with E-state index in [9.17, 15) is 0 Å². The summed E-state index contributed by atoms with van der Waals surface area (Å²) < 4.78 is 1.93. The van der Waals surface area contributed by atoms with Gasteiger partial charge in [-0.2, -0.15) is 0 Å². The Morgan fingerprint density at radius 2 is 1.90 bits per heavy atom. The van der Waals surface area contributed by atoms with Crippen molar-refractivity contribution in [3.63, 3.8) is 0 Å². The lowest BCUT2D eigenvalue weighted by Gasteiger charge is -2.15. The van der Waals surface area contributed by atoms with Crippen molar-refractivity contribution < 1.29 is 0 Å². The molecular formula is C16H17N5. The minimum atomic E-state index is 0.179. The van der Waals surface area contributed by atoms with Gasteiger partial charge in [-0.05, 0) is 19.4 Å². The predicted octanol–water partition coefficient (Wildman–Crippen LogP) is 3.14. The van der Waals surface area contributed by atoms with E-state index in [1.165, 1.54) is 5.56 Å². The zero-order valence-corrected chi connectivity index (χ0v) is 12.1. The molecule has 5 heteroatoms. The van der Waals surface area contributed by atoms with Gasteiger partial charge in [-0.1, -0.05) is 30.3 Å². The molecule has 0 aliphatic rings. The second-order valence-electron chi connectivity index (χ2n) is 4.88. The van der Waals surface area contributed by atoms with Gasteiger partial charge in [-0.25, -0.2) is 15.0 Å². The summed E-state index contributed by atoms with van der Waals surface area (Å²) in [6.45, 7) is 4.06. The van der Waals surface area contributed by atoms with E-state index in [1.807, 2.05) is 42.0 Å². The van der Waals surface area contributed by atoms with Crippen LogP contribution in [-0.2, 0) is 0 Å². The van der Waals surface area contributed by atoms with E-state index in [0.717, 1.165) is 17.5 Å². The summed E-state index contributed by atoms with van der Waals surface area (Å²) in [5.74, 6) is 2.50. The third kappa shape index (κ3) is 2.91. The third-order valence-electron chi connectivity index (χ3n) is 3.39. The maximum atomic E-state index is 4.29. The highest BCUT2D eigenvalue weighted by molar-refractivity contribution is 5.43. The second-order valence-corrected chi connectivity index (χ2v) is 4.88. The first-order valence-corrected chi connectivity index (χ1v) is 6.88. The van der Waals surface area contributed by atoms with Gasteiger partial charge in [0.2, 0.25) is 0 Å². The molecule has 0 spiro atoms. The van der Waals surface area contributed by atoms with Crippen molar-refractivity contribution in [2.45, 2.75) is 19.9 Å². The minimum Gasteiger partial charge on any atom is -0.363 e. The molecule has 0 radical (unpaired) electrons. The van der Waals surface area contributed by atoms with Crippen LogP contribution in [0, 0.1) is 6.92 Å². The molecule has 1 N–H and O–H groups in total. The van der Waals surface area contributed by atoms with Crippen molar-refractivity contribution in [1.82, 2.24) is 19.5 Å². The molecule has 0 aliphatic heterocycles. The number of hydrogen-bond donors (Lipinski definition) is 1. The predicted molar refractivity (Wildman–Crippen MR) is 82.4 cm³/mol. The number of rotatable bonds is 4. The maximum absolute atomic E-state index is 4.29. The number of hydrogen-bond acceptors (Lipinski definition) is 4. The van der Waals surface area contributed by atoms with Gasteiger partial charge in [-0.15, -0.1) is 0 Å². The Kier molecular flexibility index (Phi) is 3.64. The fraction of sp³-hybridized carbons (Fsp3) is 0.188. The summed E-state index contributed by atoms with van der Waals surface area (Å²) in [6.07, 6.45) is 5.22. The highest BCUT2D eigenvalue weighted by Crippen LogP contribution is 2.18. The average Bonchev–Trinajstić information content (AvgIpc) is 2.94. The first kappa shape index (κ1) is 13.3. The molecule has 0 saturated carbocycles. The molecule has 1 aromatic carbocycles. The topological polar surface area (TPSA) is 55.6 Å². The molecule has 1 unspecified atom stereocenters. The Labute approximate surface area is 123 Å². The Bertz CT molecular complexity index is 720. The summed E-state index contributed by atoms with van der Waals surface area (Å²) in [6, 6.07) is 12.4. The molecule has 1 atom stereocenters. The molecule has 2 aromatic heterocycles. The molecule has 0 aliphatic carbocycles. The standard InChI is InChI=1S/C16H17N5/c1-12(14-6-4-3-5-7-14)20-15-10-16(19-11-18-15)21-9-8-17-13(21)2/h3-12H,1-2H3,(H,18,19,20). The van der Waals surface area contributed by atoms with Crippen LogP contribution in [0.4, 0.5) is 5.82 Å². The second kappa shape index (κ2) is 5.75. The van der Waals surface area contributed by atoms with Gasteiger partial charge in [0.1, 0.15) is 23.8 Å². The van der Waals surface area contributed by atoms with Crippen LogP contribution in [-0.4, -0.2) is 19.5 Å². The highest BCUT2D eigenvalue weighted by atomic mass is 15.1. The van der Waals surface area contributed by atoms with E-state index in [0.29, 0.717) is 0 Å². The van der Waals surface area contributed by atoms with Gasteiger partial charge in [0.05, 0.1) is 0 Å². The van der Waals surface area contributed by atoms with Crippen molar-refractivity contribution in [2.75, 3.05) is 5.32 Å². The Hall–Kier alpha value is -2.69. The molecule has 21 heavy (non-hydrogen) atoms. The fourth-order valence-electron chi connectivity index (χ4n) is 2.22. The lowest BCUT2D eigenvalue weighted by Crippen LogP contribution is -2.09. The molecule has 106 valence electrons. The Morgan fingerprint density at radius 1 is 1.10 bits per heavy atom. The van der Waals surface area contributed by atoms with Crippen molar-refractivity contribution in [3.8, 4) is 5.82 Å². The summed E-state index contributed by atoms with van der Waals surface area (Å²) in [5.41, 5.74) is 1.22. The number of benzene rings is 1. The van der Waals surface area contributed by atoms with Crippen LogP contribution in [0.1, 0.15) is 24.4 Å². The zero-order chi connectivity index (χ0) is 14.7. The molecule has 0 fully saturated rings. The SMILES string of the molecule is Cc1nccn1-c1cc(NC(C)c2ccccc2)ncn1. The molecule has 0 amide bonds. The molecule has 5 nitrogen and oxygen atoms in total. The number of anilines is 1. The van der Waals surface area contributed by atoms with Crippen LogP contribution < -0.4 is 5.32 Å². The number of aryl methyl sites for hydroxylation is 1. The summed E-state index contributed by atoms with van der Waals surface area (Å²) in [7, 11) is 0. The van der Waals surface area contributed by atoms with E-state index < -0.39 is 0 Å². The molecule has 0 saturated heterocycles. The van der Waals surface area contributed by atoms with Crippen LogP contribution >= 0.6 is 0 Å². The van der Waals surface area contributed by atoms with Crippen LogP contribution in [0.15, 0.2) is 55.1 Å². The lowest BCUT2D eigenvalue weighted by atomic mass is 10.1. The van der Waals surface area contributed by atoms with E-state index in [-0.39, 0.29) is 6.04 Å². The minimum absolute atomic E-state index is 0.179. The fourth-order valence-corrected chi connectivity index (χ4v) is 2.22. The molecule has 3 rings (SSSR count). The van der Waals surface area contributed by atoms with Crippen molar-refractivity contribution >= 4 is 5.82 Å². The van der Waals surface area contributed by atoms with Crippen molar-refractivity contribution in [2.24, 2.45) is 0 Å². The van der Waals surface area contributed by atoms with E-state index in [2.05, 4.69) is 39.3 Å². The zero-order valence-electron chi connectivity index (χ0n) is 12.1. The Balaban J connectivity index is 1.82. The third-order valence-corrected chi connectivity index (χ3v) is 3.39. The smallest absolute Gasteiger partial charge is 0.143 e. The van der Waals surface area contributed by atoms with Gasteiger partial charge in [-0.3, -0.25) is 4.57 Å². The number of aromatic nitrogens is 4. The van der Waals surface area contributed by atoms with Crippen molar-refractivity contribution in [1.29, 1.82) is 0 Å². The summed E-state index contributed by atoms with van der Waals surface area (Å²) in [5, 5.41) is 3.40. The average molecular weight is 279 g/mol. The van der Waals surface area contributed by atoms with E-state index in [4.69, 9.17) is 0 Å². The van der Waals surface area contributed by atoms with Gasteiger partial charge in [0.15, 0.2) is 0 Å².